The molecule has 0 radical (unpaired) electrons. The smallest absolute Gasteiger partial charge is 0.261 e. The predicted molar refractivity (Wildman–Crippen MR) is 118 cm³/mol. The van der Waals surface area contributed by atoms with Crippen molar-refractivity contribution in [3.05, 3.63) is 28.8 Å². The van der Waals surface area contributed by atoms with Crippen molar-refractivity contribution in [1.82, 2.24) is 20.2 Å². The normalized spacial score (nSPS) is 11.9. The number of nitrogens with zero attached hydrogens (tertiary/aromatic N) is 2. The van der Waals surface area contributed by atoms with E-state index in [1.54, 1.807) is 6.07 Å². The Morgan fingerprint density at radius 3 is 2.39 bits per heavy atom. The Hall–Kier alpha value is -3.10. The van der Waals surface area contributed by atoms with Crippen LogP contribution >= 0.6 is 0 Å². The van der Waals surface area contributed by atoms with E-state index in [-0.39, 0.29) is 30.6 Å². The van der Waals surface area contributed by atoms with E-state index in [2.05, 4.69) is 29.5 Å². The monoisotopic (exact) mass is 432 g/mol. The van der Waals surface area contributed by atoms with Gasteiger partial charge < -0.3 is 20.1 Å². The van der Waals surface area contributed by atoms with Crippen molar-refractivity contribution >= 4 is 22.7 Å². The van der Waals surface area contributed by atoms with Crippen molar-refractivity contribution in [2.75, 3.05) is 20.8 Å². The van der Waals surface area contributed by atoms with Crippen LogP contribution in [0.4, 0.5) is 0 Å². The lowest BCUT2D eigenvalue weighted by Crippen LogP contribution is -2.42. The summed E-state index contributed by atoms with van der Waals surface area (Å²) in [6.07, 6.45) is 4.35. The van der Waals surface area contributed by atoms with Gasteiger partial charge in [0.2, 0.25) is 11.8 Å². The third-order valence-corrected chi connectivity index (χ3v) is 4.92. The number of hydrogen-bond donors (Lipinski definition) is 2. The van der Waals surface area contributed by atoms with E-state index in [9.17, 15) is 14.4 Å². The van der Waals surface area contributed by atoms with Crippen molar-refractivity contribution in [2.24, 2.45) is 5.92 Å². The highest BCUT2D eigenvalue weighted by Crippen LogP contribution is 2.29. The fourth-order valence-corrected chi connectivity index (χ4v) is 3.22. The van der Waals surface area contributed by atoms with Crippen LogP contribution in [0.15, 0.2) is 23.3 Å². The van der Waals surface area contributed by atoms with Crippen LogP contribution in [0.2, 0.25) is 0 Å². The Kier molecular flexibility index (Phi) is 8.84. The van der Waals surface area contributed by atoms with Crippen LogP contribution in [-0.4, -0.2) is 48.2 Å². The number of hydrogen-bond acceptors (Lipinski definition) is 6. The maximum absolute atomic E-state index is 12.7. The number of benzene rings is 1. The quantitative estimate of drug-likeness (QED) is 0.561. The molecule has 1 atom stereocenters. The molecule has 2 amide bonds. The summed E-state index contributed by atoms with van der Waals surface area (Å²) in [6, 6.07) is 3.18. The number of carbonyl (C=O) groups excluding carboxylic acids is 2. The fraction of sp³-hybridized carbons (Fsp3) is 0.545. The molecule has 9 heteroatoms. The van der Waals surface area contributed by atoms with Gasteiger partial charge in [-0.15, -0.1) is 0 Å². The molecule has 0 saturated carbocycles. The molecule has 170 valence electrons. The van der Waals surface area contributed by atoms with Crippen LogP contribution in [0.5, 0.6) is 11.5 Å². The third-order valence-electron chi connectivity index (χ3n) is 4.92. The summed E-state index contributed by atoms with van der Waals surface area (Å²) >= 11 is 0. The Balaban J connectivity index is 1.94. The molecule has 0 bridgehead atoms. The van der Waals surface area contributed by atoms with E-state index in [1.807, 2.05) is 6.92 Å². The predicted octanol–water partition coefficient (Wildman–Crippen LogP) is 1.86. The number of amides is 2. The Bertz CT molecular complexity index is 970. The van der Waals surface area contributed by atoms with Crippen molar-refractivity contribution in [3.8, 4) is 11.5 Å². The van der Waals surface area contributed by atoms with Gasteiger partial charge in [0, 0.05) is 12.1 Å². The molecule has 0 spiro atoms. The summed E-state index contributed by atoms with van der Waals surface area (Å²) < 4.78 is 11.6. The summed E-state index contributed by atoms with van der Waals surface area (Å²) in [6.45, 7) is 5.90. The van der Waals surface area contributed by atoms with Crippen molar-refractivity contribution in [3.63, 3.8) is 0 Å². The molecular formula is C22H32N4O5. The summed E-state index contributed by atoms with van der Waals surface area (Å²) in [5, 5.41) is 5.72. The van der Waals surface area contributed by atoms with Gasteiger partial charge in [-0.25, -0.2) is 4.98 Å². The zero-order valence-corrected chi connectivity index (χ0v) is 18.9. The first-order valence-electron chi connectivity index (χ1n) is 10.4. The van der Waals surface area contributed by atoms with E-state index in [1.165, 1.54) is 31.2 Å². The lowest BCUT2D eigenvalue weighted by molar-refractivity contribution is -0.126. The number of rotatable bonds is 11. The first-order chi connectivity index (χ1) is 14.7. The van der Waals surface area contributed by atoms with Crippen molar-refractivity contribution < 1.29 is 19.1 Å². The van der Waals surface area contributed by atoms with Gasteiger partial charge in [0.1, 0.15) is 6.54 Å². The zero-order valence-electron chi connectivity index (χ0n) is 18.9. The number of fused-ring (bicyclic) bond motifs is 1. The second-order valence-corrected chi connectivity index (χ2v) is 7.97. The molecule has 1 heterocycles. The zero-order chi connectivity index (χ0) is 23.0. The van der Waals surface area contributed by atoms with Gasteiger partial charge >= 0.3 is 0 Å². The van der Waals surface area contributed by atoms with Crippen molar-refractivity contribution in [2.45, 2.75) is 52.6 Å². The van der Waals surface area contributed by atoms with Gasteiger partial charge in [-0.2, -0.15) is 0 Å². The second-order valence-electron chi connectivity index (χ2n) is 7.97. The van der Waals surface area contributed by atoms with Gasteiger partial charge in [-0.3, -0.25) is 19.0 Å². The van der Waals surface area contributed by atoms with Crippen LogP contribution in [0.25, 0.3) is 10.9 Å². The van der Waals surface area contributed by atoms with Crippen molar-refractivity contribution in [1.29, 1.82) is 0 Å². The summed E-state index contributed by atoms with van der Waals surface area (Å²) in [4.78, 5) is 41.2. The van der Waals surface area contributed by atoms with Gasteiger partial charge in [-0.1, -0.05) is 26.7 Å². The highest BCUT2D eigenvalue weighted by molar-refractivity contribution is 5.85. The molecule has 1 aromatic heterocycles. The minimum Gasteiger partial charge on any atom is -0.493 e. The minimum absolute atomic E-state index is 0.0439. The van der Waals surface area contributed by atoms with Gasteiger partial charge in [0.25, 0.3) is 5.56 Å². The highest BCUT2D eigenvalue weighted by atomic mass is 16.5. The van der Waals surface area contributed by atoms with Crippen LogP contribution in [0.3, 0.4) is 0 Å². The van der Waals surface area contributed by atoms with Crippen LogP contribution in [0, 0.1) is 5.92 Å². The van der Waals surface area contributed by atoms with Gasteiger partial charge in [0.05, 0.1) is 38.0 Å². The first kappa shape index (κ1) is 24.2. The molecule has 2 N–H and O–H groups in total. The lowest BCUT2D eigenvalue weighted by Gasteiger charge is -2.15. The third kappa shape index (κ3) is 6.97. The molecular weight excluding hydrogens is 400 g/mol. The second kappa shape index (κ2) is 11.3. The standard InChI is InChI=1S/C22H32N4O5/c1-14(2)7-6-8-15(3)25-20(27)11-23-21(28)12-26-13-24-17-10-19(31-5)18(30-4)9-16(17)22(26)29/h9-10,13-15H,6-8,11-12H2,1-5H3,(H,23,28)(H,25,27)/t15-/m0/s1. The van der Waals surface area contributed by atoms with Crippen LogP contribution in [0.1, 0.15) is 40.0 Å². The fourth-order valence-electron chi connectivity index (χ4n) is 3.22. The lowest BCUT2D eigenvalue weighted by atomic mass is 10.0. The molecule has 0 fully saturated rings. The first-order valence-corrected chi connectivity index (χ1v) is 10.4. The van der Waals surface area contributed by atoms with Crippen LogP contribution in [-0.2, 0) is 16.1 Å². The van der Waals surface area contributed by atoms with E-state index in [0.29, 0.717) is 28.3 Å². The SMILES string of the molecule is COc1cc2ncn(CC(=O)NCC(=O)N[C@@H](C)CCCC(C)C)c(=O)c2cc1OC. The maximum atomic E-state index is 12.7. The molecule has 0 saturated heterocycles. The Morgan fingerprint density at radius 1 is 1.06 bits per heavy atom. The average molecular weight is 433 g/mol. The largest absolute Gasteiger partial charge is 0.493 e. The molecule has 0 aliphatic heterocycles. The molecule has 9 nitrogen and oxygen atoms in total. The molecule has 2 aromatic rings. The van der Waals surface area contributed by atoms with E-state index in [4.69, 9.17) is 9.47 Å². The van der Waals surface area contributed by atoms with Gasteiger partial charge in [-0.05, 0) is 25.3 Å². The minimum atomic E-state index is -0.452. The highest BCUT2D eigenvalue weighted by Gasteiger charge is 2.14. The van der Waals surface area contributed by atoms with E-state index < -0.39 is 5.91 Å². The maximum Gasteiger partial charge on any atom is 0.261 e. The Labute approximate surface area is 182 Å². The summed E-state index contributed by atoms with van der Waals surface area (Å²) in [5.74, 6) is 0.785. The number of aromatic nitrogens is 2. The molecule has 0 unspecified atom stereocenters. The molecule has 2 rings (SSSR count). The van der Waals surface area contributed by atoms with Crippen LogP contribution < -0.4 is 25.7 Å². The van der Waals surface area contributed by atoms with E-state index >= 15 is 0 Å². The van der Waals surface area contributed by atoms with E-state index in [0.717, 1.165) is 19.3 Å². The number of nitrogens with one attached hydrogen (secondary N) is 2. The number of methoxy groups -OCH3 is 2. The topological polar surface area (TPSA) is 112 Å². The van der Waals surface area contributed by atoms with Gasteiger partial charge in [0.15, 0.2) is 11.5 Å². The average Bonchev–Trinajstić information content (AvgIpc) is 2.73. The molecule has 1 aromatic carbocycles. The summed E-state index contributed by atoms with van der Waals surface area (Å²) in [5.41, 5.74) is 0.0504. The number of carbonyl (C=O) groups is 2. The summed E-state index contributed by atoms with van der Waals surface area (Å²) in [7, 11) is 2.97. The molecule has 0 aliphatic carbocycles. The Morgan fingerprint density at radius 2 is 1.74 bits per heavy atom. The number of ether oxygens (including phenoxy) is 2. The molecule has 31 heavy (non-hydrogen) atoms. The molecule has 0 aliphatic rings.